The number of aryl methyl sites for hydroxylation is 2. The van der Waals surface area contributed by atoms with Gasteiger partial charge in [-0.3, -0.25) is 4.79 Å². The molecule has 0 fully saturated rings. The lowest BCUT2D eigenvalue weighted by Crippen LogP contribution is -2.27. The van der Waals surface area contributed by atoms with Crippen molar-refractivity contribution < 1.29 is 22.7 Å². The van der Waals surface area contributed by atoms with Gasteiger partial charge in [-0.15, -0.1) is 0 Å². The lowest BCUT2D eigenvalue weighted by Gasteiger charge is -2.16. The van der Waals surface area contributed by atoms with E-state index in [2.05, 4.69) is 25.0 Å². The van der Waals surface area contributed by atoms with Crippen molar-refractivity contribution in [3.8, 4) is 5.88 Å². The molecule has 2 aromatic rings. The molecule has 0 aliphatic carbocycles. The Morgan fingerprint density at radius 3 is 2.27 bits per heavy atom. The van der Waals surface area contributed by atoms with Crippen LogP contribution in [-0.4, -0.2) is 39.2 Å². The second-order valence-electron chi connectivity index (χ2n) is 7.90. The van der Waals surface area contributed by atoms with E-state index in [9.17, 15) is 18.0 Å². The largest absolute Gasteiger partial charge is 0.468 e. The van der Waals surface area contributed by atoms with Crippen molar-refractivity contribution in [1.29, 1.82) is 0 Å². The SMILES string of the molecule is CC(C)(C)N.Cc1cc(C(=O)NC(C)c2cnc(OCC(F)(F)F)c(C)c2)ncn1. The van der Waals surface area contributed by atoms with E-state index in [0.717, 1.165) is 0 Å². The Labute approximate surface area is 174 Å². The molecular formula is C20H28F3N5O2. The maximum Gasteiger partial charge on any atom is 0.422 e. The molecule has 2 aromatic heterocycles. The number of hydrogen-bond donors (Lipinski definition) is 2. The first-order valence-corrected chi connectivity index (χ1v) is 9.20. The lowest BCUT2D eigenvalue weighted by molar-refractivity contribution is -0.154. The number of nitrogens with one attached hydrogen (secondary N) is 1. The summed E-state index contributed by atoms with van der Waals surface area (Å²) < 4.78 is 41.3. The van der Waals surface area contributed by atoms with Crippen molar-refractivity contribution in [2.75, 3.05) is 6.61 Å². The van der Waals surface area contributed by atoms with Gasteiger partial charge in [0.25, 0.3) is 5.91 Å². The number of amides is 1. The number of ether oxygens (including phenoxy) is 1. The predicted octanol–water partition coefficient (Wildman–Crippen LogP) is 3.66. The number of alkyl halides is 3. The summed E-state index contributed by atoms with van der Waals surface area (Å²) in [6, 6.07) is 2.76. The van der Waals surface area contributed by atoms with Crippen LogP contribution in [0.3, 0.4) is 0 Å². The molecule has 0 aromatic carbocycles. The van der Waals surface area contributed by atoms with E-state index in [1.165, 1.54) is 12.5 Å². The highest BCUT2D eigenvalue weighted by Crippen LogP contribution is 2.22. The van der Waals surface area contributed by atoms with E-state index in [-0.39, 0.29) is 23.0 Å². The Morgan fingerprint density at radius 1 is 1.17 bits per heavy atom. The highest BCUT2D eigenvalue weighted by molar-refractivity contribution is 5.92. The molecule has 2 heterocycles. The van der Waals surface area contributed by atoms with E-state index >= 15 is 0 Å². The van der Waals surface area contributed by atoms with Crippen LogP contribution in [0.1, 0.15) is 61.0 Å². The average Bonchev–Trinajstić information content (AvgIpc) is 2.58. The molecule has 7 nitrogen and oxygen atoms in total. The fraction of sp³-hybridized carbons (Fsp3) is 0.500. The minimum atomic E-state index is -4.43. The highest BCUT2D eigenvalue weighted by atomic mass is 19.4. The third kappa shape index (κ3) is 10.1. The van der Waals surface area contributed by atoms with Gasteiger partial charge in [-0.1, -0.05) is 0 Å². The van der Waals surface area contributed by atoms with Crippen molar-refractivity contribution in [2.24, 2.45) is 5.73 Å². The minimum absolute atomic E-state index is 0. The fourth-order valence-electron chi connectivity index (χ4n) is 2.05. The van der Waals surface area contributed by atoms with Crippen LogP contribution < -0.4 is 15.8 Å². The molecule has 0 aliphatic rings. The summed E-state index contributed by atoms with van der Waals surface area (Å²) in [6.45, 7) is 9.56. The van der Waals surface area contributed by atoms with E-state index in [4.69, 9.17) is 5.73 Å². The van der Waals surface area contributed by atoms with Gasteiger partial charge >= 0.3 is 6.18 Å². The van der Waals surface area contributed by atoms with Gasteiger partial charge in [-0.2, -0.15) is 13.2 Å². The van der Waals surface area contributed by atoms with Crippen molar-refractivity contribution in [3.63, 3.8) is 0 Å². The first-order valence-electron chi connectivity index (χ1n) is 9.20. The Morgan fingerprint density at radius 2 is 1.77 bits per heavy atom. The number of nitrogens with two attached hydrogens (primary N) is 1. The molecule has 0 bridgehead atoms. The van der Waals surface area contributed by atoms with Crippen LogP contribution in [-0.2, 0) is 0 Å². The summed E-state index contributed by atoms with van der Waals surface area (Å²) >= 11 is 0. The molecule has 0 saturated heterocycles. The van der Waals surface area contributed by atoms with Gasteiger partial charge in [0.05, 0.1) is 6.04 Å². The fourth-order valence-corrected chi connectivity index (χ4v) is 2.05. The van der Waals surface area contributed by atoms with Crippen LogP contribution >= 0.6 is 0 Å². The van der Waals surface area contributed by atoms with Gasteiger partial charge in [0.1, 0.15) is 12.0 Å². The number of carbonyl (C=O) groups is 1. The zero-order chi connectivity index (χ0) is 23.1. The molecule has 166 valence electrons. The van der Waals surface area contributed by atoms with Crippen LogP contribution in [0.4, 0.5) is 13.2 Å². The maximum absolute atomic E-state index is 12.2. The maximum atomic E-state index is 12.2. The molecule has 1 atom stereocenters. The molecule has 1 amide bonds. The number of hydrogen-bond acceptors (Lipinski definition) is 6. The molecule has 1 unspecified atom stereocenters. The first-order chi connectivity index (χ1) is 13.7. The van der Waals surface area contributed by atoms with Crippen LogP contribution in [0.25, 0.3) is 0 Å². The third-order valence-corrected chi connectivity index (χ3v) is 3.31. The summed E-state index contributed by atoms with van der Waals surface area (Å²) in [7, 11) is 0. The highest BCUT2D eigenvalue weighted by Gasteiger charge is 2.29. The monoisotopic (exact) mass is 427 g/mol. The molecule has 0 spiro atoms. The number of nitrogens with zero attached hydrogens (tertiary/aromatic N) is 3. The summed E-state index contributed by atoms with van der Waals surface area (Å²) in [5.74, 6) is -0.473. The van der Waals surface area contributed by atoms with Gasteiger partial charge in [0.2, 0.25) is 5.88 Å². The zero-order valence-electron chi connectivity index (χ0n) is 18.0. The van der Waals surface area contributed by atoms with Gasteiger partial charge in [0, 0.05) is 23.0 Å². The van der Waals surface area contributed by atoms with Gasteiger partial charge < -0.3 is 15.8 Å². The van der Waals surface area contributed by atoms with E-state index in [1.54, 1.807) is 32.9 Å². The Balaban J connectivity index is 0.000000804. The summed E-state index contributed by atoms with van der Waals surface area (Å²) in [5.41, 5.74) is 7.33. The molecule has 0 aliphatic heterocycles. The van der Waals surface area contributed by atoms with Crippen LogP contribution in [0, 0.1) is 13.8 Å². The van der Waals surface area contributed by atoms with Crippen molar-refractivity contribution in [3.05, 3.63) is 47.2 Å². The Kier molecular flexibility index (Phi) is 8.71. The molecule has 2 rings (SSSR count). The van der Waals surface area contributed by atoms with Crippen molar-refractivity contribution >= 4 is 5.91 Å². The zero-order valence-corrected chi connectivity index (χ0v) is 18.0. The second kappa shape index (κ2) is 10.3. The van der Waals surface area contributed by atoms with Gasteiger partial charge in [-0.05, 0) is 59.2 Å². The van der Waals surface area contributed by atoms with Gasteiger partial charge in [-0.25, -0.2) is 15.0 Å². The number of aromatic nitrogens is 3. The summed E-state index contributed by atoms with van der Waals surface area (Å²) in [6.07, 6.45) is -1.76. The third-order valence-electron chi connectivity index (χ3n) is 3.31. The van der Waals surface area contributed by atoms with E-state index in [0.29, 0.717) is 16.8 Å². The average molecular weight is 427 g/mol. The van der Waals surface area contributed by atoms with E-state index < -0.39 is 18.8 Å². The summed E-state index contributed by atoms with van der Waals surface area (Å²) in [5, 5.41) is 2.75. The van der Waals surface area contributed by atoms with Crippen molar-refractivity contribution in [1.82, 2.24) is 20.3 Å². The smallest absolute Gasteiger partial charge is 0.422 e. The molecule has 10 heteroatoms. The second-order valence-corrected chi connectivity index (χ2v) is 7.90. The van der Waals surface area contributed by atoms with Gasteiger partial charge in [0.15, 0.2) is 6.61 Å². The molecular weight excluding hydrogens is 399 g/mol. The number of halogens is 3. The van der Waals surface area contributed by atoms with Crippen molar-refractivity contribution in [2.45, 2.75) is 59.3 Å². The topological polar surface area (TPSA) is 103 Å². The Bertz CT molecular complexity index is 845. The summed E-state index contributed by atoms with van der Waals surface area (Å²) in [4.78, 5) is 23.9. The van der Waals surface area contributed by atoms with Crippen LogP contribution in [0.2, 0.25) is 0 Å². The number of carbonyl (C=O) groups excluding carboxylic acids is 1. The first kappa shape index (κ1) is 25.3. The lowest BCUT2D eigenvalue weighted by atomic mass is 10.1. The normalized spacial score (nSPS) is 12.5. The molecule has 3 N–H and O–H groups in total. The number of pyridine rings is 1. The standard InChI is InChI=1S/C16H17F3N4O2.C4H11N/c1-9-4-12(6-20-15(9)25-7-16(17,18)19)11(3)23-14(24)13-5-10(2)21-8-22-13;1-4(2,3)5/h4-6,8,11H,7H2,1-3H3,(H,23,24);5H2,1-3H3. The van der Waals surface area contributed by atoms with Crippen LogP contribution in [0.5, 0.6) is 5.88 Å². The molecule has 0 saturated carbocycles. The Hall–Kier alpha value is -2.75. The molecule has 30 heavy (non-hydrogen) atoms. The molecule has 0 radical (unpaired) electrons. The minimum Gasteiger partial charge on any atom is -0.468 e. The predicted molar refractivity (Wildman–Crippen MR) is 107 cm³/mol. The van der Waals surface area contributed by atoms with E-state index in [1.807, 2.05) is 20.8 Å². The number of rotatable bonds is 5. The van der Waals surface area contributed by atoms with Crippen LogP contribution in [0.15, 0.2) is 24.7 Å². The quantitative estimate of drug-likeness (QED) is 0.755.